The van der Waals surface area contributed by atoms with Crippen molar-refractivity contribution in [2.75, 3.05) is 20.3 Å². The molecule has 1 aromatic carbocycles. The molecule has 118 valence electrons. The predicted octanol–water partition coefficient (Wildman–Crippen LogP) is 1.67. The third kappa shape index (κ3) is 3.65. The lowest BCUT2D eigenvalue weighted by atomic mass is 9.89. The molecule has 0 aromatic heterocycles. The van der Waals surface area contributed by atoms with E-state index in [1.165, 1.54) is 7.11 Å². The number of esters is 1. The van der Waals surface area contributed by atoms with Gasteiger partial charge < -0.3 is 20.1 Å². The molecule has 6 nitrogen and oxygen atoms in total. The van der Waals surface area contributed by atoms with Crippen molar-refractivity contribution in [3.63, 3.8) is 0 Å². The summed E-state index contributed by atoms with van der Waals surface area (Å²) in [6.45, 7) is 6.24. The molecule has 1 aromatic rings. The Balaban J connectivity index is 2.21. The van der Waals surface area contributed by atoms with Crippen LogP contribution in [0.5, 0.6) is 0 Å². The van der Waals surface area contributed by atoms with Crippen molar-refractivity contribution in [1.29, 1.82) is 0 Å². The van der Waals surface area contributed by atoms with Crippen LogP contribution in [-0.2, 0) is 14.3 Å². The van der Waals surface area contributed by atoms with Gasteiger partial charge in [0.2, 0.25) is 0 Å². The number of amides is 2. The number of ether oxygens (including phenoxy) is 2. The van der Waals surface area contributed by atoms with Crippen molar-refractivity contribution in [3.05, 3.63) is 47.7 Å². The minimum absolute atomic E-state index is 0.160. The fraction of sp³-hybridized carbons (Fsp3) is 0.375. The second-order valence-electron chi connectivity index (χ2n) is 5.15. The maximum atomic E-state index is 12.3. The molecule has 0 radical (unpaired) electrons. The van der Waals surface area contributed by atoms with Crippen LogP contribution in [-0.4, -0.2) is 32.3 Å². The molecule has 0 bridgehead atoms. The van der Waals surface area contributed by atoms with Crippen LogP contribution in [0, 0.1) is 12.8 Å². The molecule has 1 aliphatic rings. The average molecular weight is 304 g/mol. The topological polar surface area (TPSA) is 76.7 Å². The van der Waals surface area contributed by atoms with E-state index >= 15 is 0 Å². The molecule has 0 aliphatic carbocycles. The van der Waals surface area contributed by atoms with Crippen molar-refractivity contribution in [2.45, 2.75) is 13.0 Å². The van der Waals surface area contributed by atoms with E-state index in [4.69, 9.17) is 9.47 Å². The van der Waals surface area contributed by atoms with E-state index in [-0.39, 0.29) is 12.6 Å². The van der Waals surface area contributed by atoms with Gasteiger partial charge in [0, 0.05) is 12.8 Å². The zero-order valence-electron chi connectivity index (χ0n) is 12.7. The molecule has 6 heteroatoms. The molecule has 1 aliphatic heterocycles. The monoisotopic (exact) mass is 304 g/mol. The summed E-state index contributed by atoms with van der Waals surface area (Å²) >= 11 is 0. The lowest BCUT2D eigenvalue weighted by Gasteiger charge is -2.33. The standard InChI is InChI=1S/C16H20N2O4/c1-10-4-6-12(7-5-10)14-13(11(2)17-16(20)18-14)15(19)22-9-8-21-3/h4-7,13-14H,2,8-9H2,1,3H3,(H2,17,18,20)/t13-,14+/m1/s1. The van der Waals surface area contributed by atoms with Crippen LogP contribution in [0.2, 0.25) is 0 Å². The summed E-state index contributed by atoms with van der Waals surface area (Å²) in [7, 11) is 1.53. The van der Waals surface area contributed by atoms with Gasteiger partial charge in [-0.2, -0.15) is 0 Å². The SMILES string of the molecule is C=C1NC(=O)N[C@@H](c2ccc(C)cc2)[C@@H]1C(=O)OCCOC. The summed E-state index contributed by atoms with van der Waals surface area (Å²) in [5.41, 5.74) is 2.26. The number of hydrogen-bond donors (Lipinski definition) is 2. The van der Waals surface area contributed by atoms with Crippen molar-refractivity contribution in [3.8, 4) is 0 Å². The first-order valence-electron chi connectivity index (χ1n) is 7.01. The Morgan fingerprint density at radius 3 is 2.59 bits per heavy atom. The van der Waals surface area contributed by atoms with Gasteiger partial charge in [0.25, 0.3) is 0 Å². The van der Waals surface area contributed by atoms with Crippen LogP contribution in [0.4, 0.5) is 4.79 Å². The highest BCUT2D eigenvalue weighted by Crippen LogP contribution is 2.30. The van der Waals surface area contributed by atoms with Crippen LogP contribution in [0.3, 0.4) is 0 Å². The van der Waals surface area contributed by atoms with E-state index in [2.05, 4.69) is 17.2 Å². The Morgan fingerprint density at radius 2 is 1.95 bits per heavy atom. The number of methoxy groups -OCH3 is 1. The second kappa shape index (κ2) is 7.09. The second-order valence-corrected chi connectivity index (χ2v) is 5.15. The zero-order valence-corrected chi connectivity index (χ0v) is 12.7. The van der Waals surface area contributed by atoms with Gasteiger partial charge in [0.05, 0.1) is 12.6 Å². The number of carbonyl (C=O) groups is 2. The Bertz CT molecular complexity index is 568. The Hall–Kier alpha value is -2.34. The first-order valence-corrected chi connectivity index (χ1v) is 7.01. The summed E-state index contributed by atoms with van der Waals surface area (Å²) in [6, 6.07) is 6.75. The average Bonchev–Trinajstić information content (AvgIpc) is 2.47. The van der Waals surface area contributed by atoms with E-state index in [0.29, 0.717) is 12.3 Å². The van der Waals surface area contributed by atoms with Crippen molar-refractivity contribution < 1.29 is 19.1 Å². The molecule has 2 atom stereocenters. The molecule has 2 N–H and O–H groups in total. The Labute approximate surface area is 129 Å². The number of urea groups is 1. The lowest BCUT2D eigenvalue weighted by Crippen LogP contribution is -2.51. The van der Waals surface area contributed by atoms with Gasteiger partial charge in [-0.15, -0.1) is 0 Å². The molecule has 0 saturated carbocycles. The van der Waals surface area contributed by atoms with E-state index in [1.54, 1.807) is 0 Å². The third-order valence-corrected chi connectivity index (χ3v) is 3.49. The fourth-order valence-electron chi connectivity index (χ4n) is 2.33. The van der Waals surface area contributed by atoms with Gasteiger partial charge in [-0.25, -0.2) is 4.79 Å². The molecule has 0 spiro atoms. The van der Waals surface area contributed by atoms with Gasteiger partial charge in [0.15, 0.2) is 0 Å². The first-order chi connectivity index (χ1) is 10.5. The van der Waals surface area contributed by atoms with Gasteiger partial charge in [-0.05, 0) is 12.5 Å². The maximum Gasteiger partial charge on any atom is 0.319 e. The van der Waals surface area contributed by atoms with Gasteiger partial charge >= 0.3 is 12.0 Å². The number of nitrogens with one attached hydrogen (secondary N) is 2. The highest BCUT2D eigenvalue weighted by Gasteiger charge is 2.38. The summed E-state index contributed by atoms with van der Waals surface area (Å²) < 4.78 is 10.1. The molecule has 2 amide bonds. The Morgan fingerprint density at radius 1 is 1.27 bits per heavy atom. The van der Waals surface area contributed by atoms with Crippen LogP contribution in [0.1, 0.15) is 17.2 Å². The predicted molar refractivity (Wildman–Crippen MR) is 81.1 cm³/mol. The molecule has 1 saturated heterocycles. The van der Waals surface area contributed by atoms with Crippen LogP contribution < -0.4 is 10.6 Å². The number of rotatable bonds is 5. The first kappa shape index (κ1) is 16.0. The highest BCUT2D eigenvalue weighted by atomic mass is 16.6. The summed E-state index contributed by atoms with van der Waals surface area (Å²) in [5.74, 6) is -1.13. The van der Waals surface area contributed by atoms with Gasteiger partial charge in [-0.3, -0.25) is 4.79 Å². The highest BCUT2D eigenvalue weighted by molar-refractivity contribution is 5.85. The molecule has 0 unspecified atom stereocenters. The van der Waals surface area contributed by atoms with E-state index in [1.807, 2.05) is 31.2 Å². The third-order valence-electron chi connectivity index (χ3n) is 3.49. The number of carbonyl (C=O) groups excluding carboxylic acids is 2. The van der Waals surface area contributed by atoms with Crippen LogP contribution >= 0.6 is 0 Å². The zero-order chi connectivity index (χ0) is 16.1. The van der Waals surface area contributed by atoms with Gasteiger partial charge in [-0.1, -0.05) is 36.4 Å². The van der Waals surface area contributed by atoms with Crippen LogP contribution in [0.25, 0.3) is 0 Å². The lowest BCUT2D eigenvalue weighted by molar-refractivity contribution is -0.149. The number of benzene rings is 1. The fourth-order valence-corrected chi connectivity index (χ4v) is 2.33. The molecule has 1 fully saturated rings. The van der Waals surface area contributed by atoms with E-state index < -0.39 is 17.9 Å². The maximum absolute atomic E-state index is 12.3. The molecule has 1 heterocycles. The summed E-state index contributed by atoms with van der Waals surface area (Å²) in [5, 5.41) is 5.30. The van der Waals surface area contributed by atoms with E-state index in [0.717, 1.165) is 11.1 Å². The quantitative estimate of drug-likeness (QED) is 0.641. The number of aryl methyl sites for hydroxylation is 1. The Kier molecular flexibility index (Phi) is 5.16. The van der Waals surface area contributed by atoms with Crippen LogP contribution in [0.15, 0.2) is 36.5 Å². The molecule has 22 heavy (non-hydrogen) atoms. The van der Waals surface area contributed by atoms with Crippen molar-refractivity contribution >= 4 is 12.0 Å². The van der Waals surface area contributed by atoms with Gasteiger partial charge in [0.1, 0.15) is 12.5 Å². The molecular weight excluding hydrogens is 284 g/mol. The minimum Gasteiger partial charge on any atom is -0.463 e. The molecular formula is C16H20N2O4. The summed E-state index contributed by atoms with van der Waals surface area (Å²) in [6.07, 6.45) is 0. The largest absolute Gasteiger partial charge is 0.463 e. The molecule has 2 rings (SSSR count). The van der Waals surface area contributed by atoms with Crippen molar-refractivity contribution in [2.24, 2.45) is 5.92 Å². The van der Waals surface area contributed by atoms with E-state index in [9.17, 15) is 9.59 Å². The summed E-state index contributed by atoms with van der Waals surface area (Å²) in [4.78, 5) is 24.0. The number of hydrogen-bond acceptors (Lipinski definition) is 4. The normalized spacial score (nSPS) is 21.0. The smallest absolute Gasteiger partial charge is 0.319 e. The minimum atomic E-state index is -0.683. The van der Waals surface area contributed by atoms with Crippen molar-refractivity contribution in [1.82, 2.24) is 10.6 Å².